The van der Waals surface area contributed by atoms with Crippen molar-refractivity contribution < 1.29 is 0 Å². The van der Waals surface area contributed by atoms with Gasteiger partial charge in [0.1, 0.15) is 0 Å². The normalized spacial score (nSPS) is 25.7. The first kappa shape index (κ1) is 12.4. The molecule has 2 N–H and O–H groups in total. The van der Waals surface area contributed by atoms with Gasteiger partial charge in [-0.1, -0.05) is 32.6 Å². The Kier molecular flexibility index (Phi) is 4.26. The first-order chi connectivity index (χ1) is 7.79. The highest BCUT2D eigenvalue weighted by Gasteiger charge is 2.38. The van der Waals surface area contributed by atoms with Crippen LogP contribution in [0.15, 0.2) is 0 Å². The molecule has 0 saturated heterocycles. The van der Waals surface area contributed by atoms with Crippen molar-refractivity contribution in [3.63, 3.8) is 0 Å². The van der Waals surface area contributed by atoms with Gasteiger partial charge in [0.05, 0.1) is 0 Å². The van der Waals surface area contributed by atoms with Gasteiger partial charge >= 0.3 is 0 Å². The van der Waals surface area contributed by atoms with Gasteiger partial charge in [-0.05, 0) is 44.2 Å². The van der Waals surface area contributed by atoms with Crippen molar-refractivity contribution in [3.8, 4) is 0 Å². The maximum absolute atomic E-state index is 5.97. The van der Waals surface area contributed by atoms with Crippen LogP contribution in [0.2, 0.25) is 0 Å². The molecule has 2 saturated carbocycles. The van der Waals surface area contributed by atoms with Crippen molar-refractivity contribution in [3.05, 3.63) is 0 Å². The molecule has 0 atom stereocenters. The second-order valence-electron chi connectivity index (χ2n) is 5.91. The van der Waals surface area contributed by atoms with Gasteiger partial charge in [-0.3, -0.25) is 0 Å². The van der Waals surface area contributed by atoms with Crippen LogP contribution in [0.3, 0.4) is 0 Å². The Bertz CT molecular complexity index is 199. The zero-order valence-electron chi connectivity index (χ0n) is 10.9. The molecule has 0 aromatic rings. The summed E-state index contributed by atoms with van der Waals surface area (Å²) in [7, 11) is 0. The number of hydrogen-bond donors (Lipinski definition) is 1. The molecule has 2 aliphatic rings. The summed E-state index contributed by atoms with van der Waals surface area (Å²) >= 11 is 0. The molecule has 2 nitrogen and oxygen atoms in total. The Balaban J connectivity index is 1.88. The lowest BCUT2D eigenvalue weighted by Gasteiger charge is -2.47. The Morgan fingerprint density at radius 2 is 1.81 bits per heavy atom. The third kappa shape index (κ3) is 2.60. The fraction of sp³-hybridized carbons (Fsp3) is 1.00. The van der Waals surface area contributed by atoms with E-state index in [1.165, 1.54) is 64.5 Å². The van der Waals surface area contributed by atoms with Gasteiger partial charge in [0.2, 0.25) is 0 Å². The molecule has 0 aliphatic heterocycles. The largest absolute Gasteiger partial charge is 0.330 e. The van der Waals surface area contributed by atoms with E-state index in [1.54, 1.807) is 0 Å². The van der Waals surface area contributed by atoms with E-state index in [4.69, 9.17) is 5.73 Å². The summed E-state index contributed by atoms with van der Waals surface area (Å²) in [6, 6.07) is 0.864. The molecule has 0 heterocycles. The van der Waals surface area contributed by atoms with Crippen LogP contribution >= 0.6 is 0 Å². The molecule has 2 heteroatoms. The van der Waals surface area contributed by atoms with E-state index < -0.39 is 0 Å². The predicted octanol–water partition coefficient (Wildman–Crippen LogP) is 2.77. The minimum Gasteiger partial charge on any atom is -0.330 e. The summed E-state index contributed by atoms with van der Waals surface area (Å²) in [6.07, 6.45) is 11.3. The summed E-state index contributed by atoms with van der Waals surface area (Å²) in [5, 5.41) is 0. The van der Waals surface area contributed by atoms with Crippen molar-refractivity contribution in [1.82, 2.24) is 4.90 Å². The van der Waals surface area contributed by atoms with Crippen molar-refractivity contribution in [1.29, 1.82) is 0 Å². The zero-order valence-corrected chi connectivity index (χ0v) is 10.9. The molecular weight excluding hydrogens is 196 g/mol. The van der Waals surface area contributed by atoms with Crippen LogP contribution in [0.25, 0.3) is 0 Å². The van der Waals surface area contributed by atoms with Crippen LogP contribution in [-0.2, 0) is 0 Å². The average molecular weight is 224 g/mol. The number of hydrogen-bond acceptors (Lipinski definition) is 2. The fourth-order valence-corrected chi connectivity index (χ4v) is 3.48. The smallest absolute Gasteiger partial charge is 0.00953 e. The highest BCUT2D eigenvalue weighted by atomic mass is 15.2. The lowest BCUT2D eigenvalue weighted by atomic mass is 9.68. The molecule has 94 valence electrons. The van der Waals surface area contributed by atoms with E-state index in [2.05, 4.69) is 11.8 Å². The van der Waals surface area contributed by atoms with E-state index in [9.17, 15) is 0 Å². The lowest BCUT2D eigenvalue weighted by Crippen LogP contribution is -2.50. The third-order valence-corrected chi connectivity index (χ3v) is 4.88. The van der Waals surface area contributed by atoms with Gasteiger partial charge < -0.3 is 10.6 Å². The van der Waals surface area contributed by atoms with Crippen LogP contribution in [0.1, 0.15) is 58.3 Å². The molecule has 0 spiro atoms. The summed E-state index contributed by atoms with van der Waals surface area (Å²) < 4.78 is 0. The SMILES string of the molecule is CCN(CC1(CN)CCC1)C1CCCCC1. The van der Waals surface area contributed by atoms with Crippen LogP contribution < -0.4 is 5.73 Å². The van der Waals surface area contributed by atoms with Crippen molar-refractivity contribution in [2.45, 2.75) is 64.3 Å². The summed E-state index contributed by atoms with van der Waals surface area (Å²) in [6.45, 7) is 5.70. The van der Waals surface area contributed by atoms with E-state index >= 15 is 0 Å². The average Bonchev–Trinajstić information content (AvgIpc) is 2.30. The van der Waals surface area contributed by atoms with Crippen molar-refractivity contribution >= 4 is 0 Å². The maximum Gasteiger partial charge on any atom is 0.00953 e. The predicted molar refractivity (Wildman–Crippen MR) is 69.5 cm³/mol. The van der Waals surface area contributed by atoms with Gasteiger partial charge in [-0.15, -0.1) is 0 Å². The minimum absolute atomic E-state index is 0.494. The monoisotopic (exact) mass is 224 g/mol. The van der Waals surface area contributed by atoms with Gasteiger partial charge in [0, 0.05) is 12.6 Å². The first-order valence-electron chi connectivity index (χ1n) is 7.24. The van der Waals surface area contributed by atoms with Crippen molar-refractivity contribution in [2.75, 3.05) is 19.6 Å². The highest BCUT2D eigenvalue weighted by Crippen LogP contribution is 2.41. The third-order valence-electron chi connectivity index (χ3n) is 4.88. The minimum atomic E-state index is 0.494. The highest BCUT2D eigenvalue weighted by molar-refractivity contribution is 4.92. The second-order valence-corrected chi connectivity index (χ2v) is 5.91. The quantitative estimate of drug-likeness (QED) is 0.778. The topological polar surface area (TPSA) is 29.3 Å². The van der Waals surface area contributed by atoms with Gasteiger partial charge in [0.15, 0.2) is 0 Å². The molecule has 2 fully saturated rings. The molecule has 0 amide bonds. The number of rotatable bonds is 5. The van der Waals surface area contributed by atoms with Gasteiger partial charge in [-0.25, -0.2) is 0 Å². The second kappa shape index (κ2) is 5.50. The van der Waals surface area contributed by atoms with E-state index in [0.717, 1.165) is 12.6 Å². The Hall–Kier alpha value is -0.0800. The number of nitrogens with zero attached hydrogens (tertiary/aromatic N) is 1. The number of nitrogens with two attached hydrogens (primary N) is 1. The Morgan fingerprint density at radius 1 is 1.12 bits per heavy atom. The van der Waals surface area contributed by atoms with E-state index in [0.29, 0.717) is 5.41 Å². The molecule has 0 unspecified atom stereocenters. The van der Waals surface area contributed by atoms with Gasteiger partial charge in [-0.2, -0.15) is 0 Å². The molecule has 2 rings (SSSR count). The van der Waals surface area contributed by atoms with Crippen molar-refractivity contribution in [2.24, 2.45) is 11.1 Å². The molecular formula is C14H28N2. The molecule has 0 aromatic heterocycles. The molecule has 0 aromatic carbocycles. The maximum atomic E-state index is 5.97. The van der Waals surface area contributed by atoms with Crippen LogP contribution in [0.4, 0.5) is 0 Å². The van der Waals surface area contributed by atoms with E-state index in [-0.39, 0.29) is 0 Å². The summed E-state index contributed by atoms with van der Waals surface area (Å²) in [5.41, 5.74) is 6.47. The van der Waals surface area contributed by atoms with Crippen LogP contribution in [-0.4, -0.2) is 30.6 Å². The van der Waals surface area contributed by atoms with Crippen LogP contribution in [0, 0.1) is 5.41 Å². The lowest BCUT2D eigenvalue weighted by molar-refractivity contribution is 0.0438. The molecule has 0 radical (unpaired) electrons. The molecule has 0 bridgehead atoms. The Morgan fingerprint density at radius 3 is 2.25 bits per heavy atom. The van der Waals surface area contributed by atoms with Crippen LogP contribution in [0.5, 0.6) is 0 Å². The summed E-state index contributed by atoms with van der Waals surface area (Å²) in [4.78, 5) is 2.73. The fourth-order valence-electron chi connectivity index (χ4n) is 3.48. The first-order valence-corrected chi connectivity index (χ1v) is 7.24. The molecule has 2 aliphatic carbocycles. The zero-order chi connectivity index (χ0) is 11.4. The Labute approximate surface area is 101 Å². The standard InChI is InChI=1S/C14H28N2/c1-2-16(13-7-4-3-5-8-13)12-14(11-15)9-6-10-14/h13H,2-12,15H2,1H3. The van der Waals surface area contributed by atoms with E-state index in [1.807, 2.05) is 0 Å². The summed E-state index contributed by atoms with van der Waals surface area (Å²) in [5.74, 6) is 0. The molecule has 16 heavy (non-hydrogen) atoms. The van der Waals surface area contributed by atoms with Gasteiger partial charge in [0.25, 0.3) is 0 Å².